The van der Waals surface area contributed by atoms with Gasteiger partial charge in [-0.3, -0.25) is 4.79 Å². The van der Waals surface area contributed by atoms with Crippen LogP contribution in [0.5, 0.6) is 0 Å². The van der Waals surface area contributed by atoms with Crippen LogP contribution in [0.25, 0.3) is 0 Å². The summed E-state index contributed by atoms with van der Waals surface area (Å²) >= 11 is 1.28. The van der Waals surface area contributed by atoms with E-state index in [1.807, 2.05) is 13.8 Å². The first-order chi connectivity index (χ1) is 7.10. The minimum Gasteiger partial charge on any atom is -0.399 e. The molecule has 0 atom stereocenters. The summed E-state index contributed by atoms with van der Waals surface area (Å²) in [6, 6.07) is 3.41. The fourth-order valence-corrected chi connectivity index (χ4v) is 2.10. The second-order valence-corrected chi connectivity index (χ2v) is 4.45. The molecule has 0 aliphatic rings. The number of carbonyl (C=O) groups excluding carboxylic acids is 1. The molecule has 82 valence electrons. The molecule has 0 aromatic heterocycles. The third-order valence-corrected chi connectivity index (χ3v) is 2.93. The summed E-state index contributed by atoms with van der Waals surface area (Å²) < 4.78 is 0. The van der Waals surface area contributed by atoms with Crippen molar-refractivity contribution in [3.05, 3.63) is 23.3 Å². The largest absolute Gasteiger partial charge is 0.399 e. The average Bonchev–Trinajstić information content (AvgIpc) is 2.17. The van der Waals surface area contributed by atoms with Crippen molar-refractivity contribution in [2.75, 3.05) is 17.2 Å². The third kappa shape index (κ3) is 2.65. The highest BCUT2D eigenvalue weighted by atomic mass is 32.2. The lowest BCUT2D eigenvalue weighted by Crippen LogP contribution is -2.05. The number of hydrogen-bond acceptors (Lipinski definition) is 4. The molecular weight excluding hydrogens is 208 g/mol. The van der Waals surface area contributed by atoms with Gasteiger partial charge in [0.25, 0.3) is 0 Å². The summed E-state index contributed by atoms with van der Waals surface area (Å²) in [5.74, 6) is 0.761. The lowest BCUT2D eigenvalue weighted by molar-refractivity contribution is 0.108. The van der Waals surface area contributed by atoms with E-state index in [1.54, 1.807) is 12.1 Å². The van der Waals surface area contributed by atoms with Crippen LogP contribution in [0.2, 0.25) is 0 Å². The van der Waals surface area contributed by atoms with Crippen LogP contribution >= 0.6 is 11.8 Å². The molecule has 0 saturated heterocycles. The Morgan fingerprint density at radius 2 is 2.00 bits per heavy atom. The van der Waals surface area contributed by atoms with Crippen molar-refractivity contribution in [1.82, 2.24) is 0 Å². The Hall–Kier alpha value is -1.16. The number of nitrogens with two attached hydrogens (primary N) is 2. The Morgan fingerprint density at radius 3 is 2.53 bits per heavy atom. The van der Waals surface area contributed by atoms with Crippen molar-refractivity contribution in [1.29, 1.82) is 0 Å². The van der Waals surface area contributed by atoms with Crippen molar-refractivity contribution in [3.8, 4) is 0 Å². The van der Waals surface area contributed by atoms with E-state index in [-0.39, 0.29) is 5.12 Å². The number of benzene rings is 1. The van der Waals surface area contributed by atoms with Gasteiger partial charge in [-0.2, -0.15) is 0 Å². The molecule has 0 heterocycles. The Balaban J connectivity index is 3.20. The molecule has 0 unspecified atom stereocenters. The lowest BCUT2D eigenvalue weighted by Gasteiger charge is -2.10. The van der Waals surface area contributed by atoms with Crippen LogP contribution in [0.15, 0.2) is 12.1 Å². The zero-order valence-electron chi connectivity index (χ0n) is 9.04. The first-order valence-electron chi connectivity index (χ1n) is 4.95. The molecule has 1 aromatic rings. The molecule has 15 heavy (non-hydrogen) atoms. The molecule has 0 aliphatic carbocycles. The number of hydrogen-bond donors (Lipinski definition) is 2. The van der Waals surface area contributed by atoms with E-state index in [1.165, 1.54) is 11.8 Å². The first-order valence-corrected chi connectivity index (χ1v) is 5.93. The molecule has 0 saturated carbocycles. The SMILES string of the molecule is CCSC(=O)c1cc(N)cc(N)c1CC. The third-order valence-electron chi connectivity index (χ3n) is 2.16. The highest BCUT2D eigenvalue weighted by Gasteiger charge is 2.13. The Morgan fingerprint density at radius 1 is 1.33 bits per heavy atom. The van der Waals surface area contributed by atoms with Gasteiger partial charge in [-0.05, 0) is 29.9 Å². The highest BCUT2D eigenvalue weighted by Crippen LogP contribution is 2.25. The number of thioether (sulfide) groups is 1. The molecule has 0 amide bonds. The molecule has 0 bridgehead atoms. The number of carbonyl (C=O) groups is 1. The van der Waals surface area contributed by atoms with E-state index in [0.717, 1.165) is 17.7 Å². The van der Waals surface area contributed by atoms with E-state index in [9.17, 15) is 4.79 Å². The van der Waals surface area contributed by atoms with E-state index >= 15 is 0 Å². The van der Waals surface area contributed by atoms with Crippen molar-refractivity contribution in [2.45, 2.75) is 20.3 Å². The Kier molecular flexibility index (Phi) is 4.03. The Labute approximate surface area is 94.2 Å². The maximum absolute atomic E-state index is 11.8. The maximum Gasteiger partial charge on any atom is 0.219 e. The first kappa shape index (κ1) is 11.9. The van der Waals surface area contributed by atoms with Gasteiger partial charge >= 0.3 is 0 Å². The maximum atomic E-state index is 11.8. The van der Waals surface area contributed by atoms with Gasteiger partial charge in [-0.1, -0.05) is 25.6 Å². The lowest BCUT2D eigenvalue weighted by atomic mass is 10.0. The van der Waals surface area contributed by atoms with Crippen LogP contribution in [-0.4, -0.2) is 10.9 Å². The summed E-state index contributed by atoms with van der Waals surface area (Å²) in [4.78, 5) is 11.8. The van der Waals surface area contributed by atoms with Gasteiger partial charge in [-0.15, -0.1) is 0 Å². The number of anilines is 2. The van der Waals surface area contributed by atoms with Gasteiger partial charge < -0.3 is 11.5 Å². The average molecular weight is 224 g/mol. The molecule has 0 radical (unpaired) electrons. The predicted molar refractivity (Wildman–Crippen MR) is 67.1 cm³/mol. The minimum atomic E-state index is 0.0494. The van der Waals surface area contributed by atoms with Crippen LogP contribution in [0, 0.1) is 0 Å². The number of nitrogen functional groups attached to an aromatic ring is 2. The fourth-order valence-electron chi connectivity index (χ4n) is 1.50. The molecule has 3 nitrogen and oxygen atoms in total. The minimum absolute atomic E-state index is 0.0494. The van der Waals surface area contributed by atoms with Crippen molar-refractivity contribution >= 4 is 28.3 Å². The van der Waals surface area contributed by atoms with Crippen molar-refractivity contribution < 1.29 is 4.79 Å². The van der Waals surface area contributed by atoms with Crippen molar-refractivity contribution in [3.63, 3.8) is 0 Å². The monoisotopic (exact) mass is 224 g/mol. The van der Waals surface area contributed by atoms with Crippen LogP contribution in [-0.2, 0) is 6.42 Å². The molecule has 4 heteroatoms. The summed E-state index contributed by atoms with van der Waals surface area (Å²) in [6.07, 6.45) is 0.747. The van der Waals surface area contributed by atoms with Gasteiger partial charge in [0.05, 0.1) is 0 Å². The van der Waals surface area contributed by atoms with E-state index in [2.05, 4.69) is 0 Å². The second-order valence-electron chi connectivity index (χ2n) is 3.21. The molecule has 0 aliphatic heterocycles. The van der Waals surface area contributed by atoms with Gasteiger partial charge in [0.2, 0.25) is 5.12 Å². The molecule has 1 rings (SSSR count). The van der Waals surface area contributed by atoms with E-state index in [4.69, 9.17) is 11.5 Å². The summed E-state index contributed by atoms with van der Waals surface area (Å²) in [5, 5.41) is 0.0494. The Bertz CT molecular complexity index is 377. The fraction of sp³-hybridized carbons (Fsp3) is 0.364. The number of rotatable bonds is 3. The van der Waals surface area contributed by atoms with E-state index < -0.39 is 0 Å². The normalized spacial score (nSPS) is 10.3. The van der Waals surface area contributed by atoms with Crippen LogP contribution in [0.4, 0.5) is 11.4 Å². The van der Waals surface area contributed by atoms with Crippen LogP contribution < -0.4 is 11.5 Å². The molecule has 1 aromatic carbocycles. The molecule has 4 N–H and O–H groups in total. The summed E-state index contributed by atoms with van der Waals surface area (Å²) in [7, 11) is 0. The molecule has 0 spiro atoms. The smallest absolute Gasteiger partial charge is 0.219 e. The van der Waals surface area contributed by atoms with Crippen LogP contribution in [0.1, 0.15) is 29.8 Å². The summed E-state index contributed by atoms with van der Waals surface area (Å²) in [5.41, 5.74) is 14.2. The highest BCUT2D eigenvalue weighted by molar-refractivity contribution is 8.14. The van der Waals surface area contributed by atoms with E-state index in [0.29, 0.717) is 16.9 Å². The second kappa shape index (κ2) is 5.07. The molecular formula is C11H16N2OS. The molecule has 0 fully saturated rings. The zero-order valence-corrected chi connectivity index (χ0v) is 9.86. The quantitative estimate of drug-likeness (QED) is 0.773. The van der Waals surface area contributed by atoms with Crippen molar-refractivity contribution in [2.24, 2.45) is 0 Å². The van der Waals surface area contributed by atoms with Gasteiger partial charge in [-0.25, -0.2) is 0 Å². The topological polar surface area (TPSA) is 69.1 Å². The van der Waals surface area contributed by atoms with Gasteiger partial charge in [0, 0.05) is 16.9 Å². The summed E-state index contributed by atoms with van der Waals surface area (Å²) in [6.45, 7) is 3.93. The van der Waals surface area contributed by atoms with Crippen LogP contribution in [0.3, 0.4) is 0 Å². The van der Waals surface area contributed by atoms with Gasteiger partial charge in [0.15, 0.2) is 0 Å². The predicted octanol–water partition coefficient (Wildman–Crippen LogP) is 2.31. The standard InChI is InChI=1S/C11H16N2OS/c1-3-8-9(11(14)15-4-2)5-7(12)6-10(8)13/h5-6H,3-4,12-13H2,1-2H3. The van der Waals surface area contributed by atoms with Gasteiger partial charge in [0.1, 0.15) is 0 Å². The zero-order chi connectivity index (χ0) is 11.4.